The van der Waals surface area contributed by atoms with Gasteiger partial charge < -0.3 is 10.6 Å². The van der Waals surface area contributed by atoms with Gasteiger partial charge in [0, 0.05) is 24.8 Å². The van der Waals surface area contributed by atoms with Crippen molar-refractivity contribution in [3.8, 4) is 0 Å². The van der Waals surface area contributed by atoms with Crippen LogP contribution < -0.4 is 10.6 Å². The number of aryl methyl sites for hydroxylation is 1. The SMILES string of the molecule is CCC1CCCN1c1ccc(CN)c(C)n1. The Hall–Kier alpha value is -1.09. The van der Waals surface area contributed by atoms with E-state index in [-0.39, 0.29) is 0 Å². The summed E-state index contributed by atoms with van der Waals surface area (Å²) < 4.78 is 0. The van der Waals surface area contributed by atoms with Gasteiger partial charge in [-0.05, 0) is 37.8 Å². The van der Waals surface area contributed by atoms with E-state index in [1.54, 1.807) is 0 Å². The molecule has 2 heterocycles. The minimum absolute atomic E-state index is 0.580. The second-order valence-electron chi connectivity index (χ2n) is 4.52. The van der Waals surface area contributed by atoms with Gasteiger partial charge in [-0.1, -0.05) is 13.0 Å². The third kappa shape index (κ3) is 2.05. The van der Waals surface area contributed by atoms with Crippen molar-refractivity contribution in [1.82, 2.24) is 4.98 Å². The Bertz CT molecular complexity index is 362. The second kappa shape index (κ2) is 4.83. The topological polar surface area (TPSA) is 42.1 Å². The zero-order valence-corrected chi connectivity index (χ0v) is 10.2. The van der Waals surface area contributed by atoms with Crippen molar-refractivity contribution >= 4 is 5.82 Å². The molecule has 3 heteroatoms. The summed E-state index contributed by atoms with van der Waals surface area (Å²) in [4.78, 5) is 7.11. The number of nitrogens with zero attached hydrogens (tertiary/aromatic N) is 2. The molecule has 1 unspecified atom stereocenters. The van der Waals surface area contributed by atoms with Crippen LogP contribution in [0.2, 0.25) is 0 Å². The molecule has 1 aromatic rings. The summed E-state index contributed by atoms with van der Waals surface area (Å²) >= 11 is 0. The van der Waals surface area contributed by atoms with E-state index in [1.165, 1.54) is 19.3 Å². The highest BCUT2D eigenvalue weighted by molar-refractivity contribution is 5.43. The van der Waals surface area contributed by atoms with Crippen LogP contribution in [0.4, 0.5) is 5.82 Å². The molecule has 2 rings (SSSR count). The fourth-order valence-corrected chi connectivity index (χ4v) is 2.51. The molecule has 3 nitrogen and oxygen atoms in total. The highest BCUT2D eigenvalue weighted by atomic mass is 15.2. The first kappa shape index (κ1) is 11.4. The van der Waals surface area contributed by atoms with Gasteiger partial charge in [-0.2, -0.15) is 0 Å². The van der Waals surface area contributed by atoms with Crippen LogP contribution in [0.5, 0.6) is 0 Å². The van der Waals surface area contributed by atoms with Crippen LogP contribution in [-0.4, -0.2) is 17.6 Å². The summed E-state index contributed by atoms with van der Waals surface area (Å²) in [7, 11) is 0. The van der Waals surface area contributed by atoms with Gasteiger partial charge in [-0.3, -0.25) is 0 Å². The zero-order valence-electron chi connectivity index (χ0n) is 10.2. The Balaban J connectivity index is 2.23. The molecule has 1 aromatic heterocycles. The van der Waals surface area contributed by atoms with Crippen molar-refractivity contribution in [2.75, 3.05) is 11.4 Å². The molecule has 0 spiro atoms. The number of rotatable bonds is 3. The van der Waals surface area contributed by atoms with E-state index in [1.807, 2.05) is 6.92 Å². The fourth-order valence-electron chi connectivity index (χ4n) is 2.51. The summed E-state index contributed by atoms with van der Waals surface area (Å²) in [6.07, 6.45) is 3.80. The number of anilines is 1. The Kier molecular flexibility index (Phi) is 3.44. The maximum Gasteiger partial charge on any atom is 0.129 e. The molecule has 0 radical (unpaired) electrons. The third-order valence-corrected chi connectivity index (χ3v) is 3.54. The Morgan fingerprint density at radius 1 is 1.50 bits per heavy atom. The number of aromatic nitrogens is 1. The summed E-state index contributed by atoms with van der Waals surface area (Å²) in [6, 6.07) is 4.90. The van der Waals surface area contributed by atoms with Crippen molar-refractivity contribution in [1.29, 1.82) is 0 Å². The lowest BCUT2D eigenvalue weighted by Crippen LogP contribution is -2.29. The van der Waals surface area contributed by atoms with Crippen LogP contribution >= 0.6 is 0 Å². The number of pyridine rings is 1. The zero-order chi connectivity index (χ0) is 11.5. The standard InChI is InChI=1S/C13H21N3/c1-3-12-5-4-8-16(12)13-7-6-11(9-14)10(2)15-13/h6-7,12H,3-5,8-9,14H2,1-2H3. The molecule has 0 amide bonds. The highest BCUT2D eigenvalue weighted by Crippen LogP contribution is 2.26. The molecule has 88 valence electrons. The molecule has 16 heavy (non-hydrogen) atoms. The summed E-state index contributed by atoms with van der Waals surface area (Å²) in [5, 5.41) is 0. The van der Waals surface area contributed by atoms with Crippen molar-refractivity contribution in [3.05, 3.63) is 23.4 Å². The van der Waals surface area contributed by atoms with Crippen LogP contribution in [0.25, 0.3) is 0 Å². The largest absolute Gasteiger partial charge is 0.354 e. The van der Waals surface area contributed by atoms with Crippen molar-refractivity contribution in [3.63, 3.8) is 0 Å². The third-order valence-electron chi connectivity index (χ3n) is 3.54. The quantitative estimate of drug-likeness (QED) is 0.847. The van der Waals surface area contributed by atoms with E-state index in [2.05, 4.69) is 28.9 Å². The fraction of sp³-hybridized carbons (Fsp3) is 0.615. The minimum Gasteiger partial charge on any atom is -0.354 e. The Morgan fingerprint density at radius 2 is 2.31 bits per heavy atom. The molecular weight excluding hydrogens is 198 g/mol. The summed E-state index contributed by atoms with van der Waals surface area (Å²) in [5.41, 5.74) is 7.87. The lowest BCUT2D eigenvalue weighted by molar-refractivity contribution is 0.640. The predicted octanol–water partition coefficient (Wildman–Crippen LogP) is 2.23. The molecule has 1 atom stereocenters. The van der Waals surface area contributed by atoms with Crippen LogP contribution in [0, 0.1) is 6.92 Å². The first-order valence-electron chi connectivity index (χ1n) is 6.19. The van der Waals surface area contributed by atoms with Gasteiger partial charge >= 0.3 is 0 Å². The molecule has 0 bridgehead atoms. The Labute approximate surface area is 97.7 Å². The Morgan fingerprint density at radius 3 is 2.94 bits per heavy atom. The number of nitrogens with two attached hydrogens (primary N) is 1. The minimum atomic E-state index is 0.580. The van der Waals surface area contributed by atoms with Crippen molar-refractivity contribution in [2.24, 2.45) is 5.73 Å². The monoisotopic (exact) mass is 219 g/mol. The van der Waals surface area contributed by atoms with Gasteiger partial charge in [0.25, 0.3) is 0 Å². The number of hydrogen-bond acceptors (Lipinski definition) is 3. The van der Waals surface area contributed by atoms with E-state index in [9.17, 15) is 0 Å². The second-order valence-corrected chi connectivity index (χ2v) is 4.52. The first-order valence-corrected chi connectivity index (χ1v) is 6.19. The van der Waals surface area contributed by atoms with Crippen LogP contribution in [0.1, 0.15) is 37.4 Å². The average molecular weight is 219 g/mol. The molecule has 1 fully saturated rings. The average Bonchev–Trinajstić information content (AvgIpc) is 2.77. The van der Waals surface area contributed by atoms with Crippen LogP contribution in [0.15, 0.2) is 12.1 Å². The summed E-state index contributed by atoms with van der Waals surface area (Å²) in [5.74, 6) is 1.12. The van der Waals surface area contributed by atoms with Gasteiger partial charge in [-0.25, -0.2) is 4.98 Å². The smallest absolute Gasteiger partial charge is 0.129 e. The van der Waals surface area contributed by atoms with E-state index in [0.717, 1.165) is 23.6 Å². The maximum atomic E-state index is 5.65. The van der Waals surface area contributed by atoms with Crippen molar-refractivity contribution in [2.45, 2.75) is 45.7 Å². The van der Waals surface area contributed by atoms with E-state index in [4.69, 9.17) is 5.73 Å². The molecule has 1 aliphatic heterocycles. The van der Waals surface area contributed by atoms with Crippen LogP contribution in [-0.2, 0) is 6.54 Å². The van der Waals surface area contributed by atoms with E-state index in [0.29, 0.717) is 12.6 Å². The molecule has 0 aliphatic carbocycles. The molecular formula is C13H21N3. The van der Waals surface area contributed by atoms with Gasteiger partial charge in [0.05, 0.1) is 0 Å². The lowest BCUT2D eigenvalue weighted by atomic mass is 10.1. The van der Waals surface area contributed by atoms with Gasteiger partial charge in [-0.15, -0.1) is 0 Å². The normalized spacial score (nSPS) is 20.4. The van der Waals surface area contributed by atoms with Gasteiger partial charge in [0.15, 0.2) is 0 Å². The lowest BCUT2D eigenvalue weighted by Gasteiger charge is -2.25. The van der Waals surface area contributed by atoms with Gasteiger partial charge in [0.2, 0.25) is 0 Å². The molecule has 0 aromatic carbocycles. The first-order chi connectivity index (χ1) is 7.76. The summed E-state index contributed by atoms with van der Waals surface area (Å²) in [6.45, 7) is 6.02. The highest BCUT2D eigenvalue weighted by Gasteiger charge is 2.23. The predicted molar refractivity (Wildman–Crippen MR) is 67.5 cm³/mol. The van der Waals surface area contributed by atoms with Crippen molar-refractivity contribution < 1.29 is 0 Å². The molecule has 1 aliphatic rings. The van der Waals surface area contributed by atoms with Gasteiger partial charge in [0.1, 0.15) is 5.82 Å². The molecule has 2 N–H and O–H groups in total. The van der Waals surface area contributed by atoms with Crippen LogP contribution in [0.3, 0.4) is 0 Å². The van der Waals surface area contributed by atoms with E-state index >= 15 is 0 Å². The molecule has 0 saturated carbocycles. The maximum absolute atomic E-state index is 5.65. The number of hydrogen-bond donors (Lipinski definition) is 1. The van der Waals surface area contributed by atoms with E-state index < -0.39 is 0 Å². The molecule has 1 saturated heterocycles.